The Balaban J connectivity index is 3.30. The van der Waals surface area contributed by atoms with E-state index in [1.807, 2.05) is 13.8 Å². The molecule has 0 aliphatic carbocycles. The van der Waals surface area contributed by atoms with Gasteiger partial charge in [0.2, 0.25) is 10.0 Å². The number of benzene rings is 1. The first-order chi connectivity index (χ1) is 8.34. The van der Waals surface area contributed by atoms with Crippen LogP contribution in [0.2, 0.25) is 0 Å². The Hall–Kier alpha value is -0.980. The van der Waals surface area contributed by atoms with E-state index in [-0.39, 0.29) is 4.99 Å². The summed E-state index contributed by atoms with van der Waals surface area (Å²) in [6.45, 7) is 6.29. The Labute approximate surface area is 114 Å². The highest BCUT2D eigenvalue weighted by atomic mass is 32.2. The van der Waals surface area contributed by atoms with Crippen LogP contribution in [0.5, 0.6) is 0 Å². The van der Waals surface area contributed by atoms with Gasteiger partial charge in [-0.2, -0.15) is 4.31 Å². The summed E-state index contributed by atoms with van der Waals surface area (Å²) in [4.78, 5) is 0.580. The van der Waals surface area contributed by atoms with Gasteiger partial charge in [-0.15, -0.1) is 0 Å². The van der Waals surface area contributed by atoms with E-state index in [1.165, 1.54) is 4.31 Å². The zero-order chi connectivity index (χ0) is 13.9. The first-order valence-corrected chi connectivity index (χ1v) is 7.60. The maximum atomic E-state index is 12.4. The summed E-state index contributed by atoms with van der Waals surface area (Å²) in [6.07, 6.45) is 0. The molecule has 0 fully saturated rings. The lowest BCUT2D eigenvalue weighted by molar-refractivity contribution is 0.445. The molecule has 18 heavy (non-hydrogen) atoms. The lowest BCUT2D eigenvalue weighted by atomic mass is 10.1. The summed E-state index contributed by atoms with van der Waals surface area (Å²) in [5.74, 6) is 0. The van der Waals surface area contributed by atoms with Crippen molar-refractivity contribution in [3.63, 3.8) is 0 Å². The lowest BCUT2D eigenvalue weighted by Gasteiger charge is -2.20. The Bertz CT molecular complexity index is 549. The van der Waals surface area contributed by atoms with E-state index in [9.17, 15) is 8.42 Å². The first kappa shape index (κ1) is 15.1. The van der Waals surface area contributed by atoms with Crippen LogP contribution in [0, 0.1) is 6.92 Å². The molecular weight excluding hydrogens is 268 g/mol. The quantitative estimate of drug-likeness (QED) is 0.836. The van der Waals surface area contributed by atoms with Gasteiger partial charge >= 0.3 is 0 Å². The van der Waals surface area contributed by atoms with Gasteiger partial charge in [0, 0.05) is 18.7 Å². The lowest BCUT2D eigenvalue weighted by Crippen LogP contribution is -2.31. The molecule has 6 heteroatoms. The van der Waals surface area contributed by atoms with Gasteiger partial charge in [-0.25, -0.2) is 8.42 Å². The van der Waals surface area contributed by atoms with E-state index in [1.54, 1.807) is 25.1 Å². The fourth-order valence-electron chi connectivity index (χ4n) is 1.79. The fraction of sp³-hybridized carbons (Fsp3) is 0.417. The van der Waals surface area contributed by atoms with E-state index in [0.29, 0.717) is 29.1 Å². The molecular formula is C12H18N2O2S2. The van der Waals surface area contributed by atoms with Crippen LogP contribution in [0.4, 0.5) is 0 Å². The predicted molar refractivity (Wildman–Crippen MR) is 77.2 cm³/mol. The van der Waals surface area contributed by atoms with Crippen molar-refractivity contribution in [3.8, 4) is 0 Å². The molecule has 0 aliphatic rings. The van der Waals surface area contributed by atoms with Crippen LogP contribution in [-0.4, -0.2) is 30.8 Å². The van der Waals surface area contributed by atoms with Crippen LogP contribution in [-0.2, 0) is 10.0 Å². The molecule has 1 rings (SSSR count). The minimum absolute atomic E-state index is 0.268. The zero-order valence-corrected chi connectivity index (χ0v) is 12.4. The van der Waals surface area contributed by atoms with Crippen molar-refractivity contribution in [3.05, 3.63) is 29.3 Å². The Morgan fingerprint density at radius 1 is 1.33 bits per heavy atom. The van der Waals surface area contributed by atoms with Gasteiger partial charge in [-0.1, -0.05) is 32.1 Å². The van der Waals surface area contributed by atoms with Gasteiger partial charge in [0.1, 0.15) is 4.99 Å². The minimum atomic E-state index is -3.43. The second kappa shape index (κ2) is 5.77. The zero-order valence-electron chi connectivity index (χ0n) is 10.8. The molecule has 0 radical (unpaired) electrons. The van der Waals surface area contributed by atoms with Gasteiger partial charge in [0.25, 0.3) is 0 Å². The highest BCUT2D eigenvalue weighted by Crippen LogP contribution is 2.20. The molecule has 0 spiro atoms. The second-order valence-corrected chi connectivity index (χ2v) is 6.28. The summed E-state index contributed by atoms with van der Waals surface area (Å²) < 4.78 is 26.1. The van der Waals surface area contributed by atoms with Crippen LogP contribution in [0.1, 0.15) is 25.0 Å². The standard InChI is InChI=1S/C12H18N2O2S2/c1-4-14(5-2)18(15,16)11-7-6-10(12(13)17)8-9(11)3/h6-8H,4-5H2,1-3H3,(H2,13,17). The maximum Gasteiger partial charge on any atom is 0.243 e. The predicted octanol–water partition coefficient (Wildman–Crippen LogP) is 1.66. The van der Waals surface area contributed by atoms with Crippen LogP contribution in [0.25, 0.3) is 0 Å². The fourth-order valence-corrected chi connectivity index (χ4v) is 3.59. The number of nitrogens with two attached hydrogens (primary N) is 1. The van der Waals surface area contributed by atoms with Crippen LogP contribution in [0.15, 0.2) is 23.1 Å². The molecule has 0 saturated carbocycles. The third-order valence-corrected chi connectivity index (χ3v) is 5.23. The number of hydrogen-bond donors (Lipinski definition) is 1. The molecule has 0 aliphatic heterocycles. The highest BCUT2D eigenvalue weighted by molar-refractivity contribution is 7.89. The molecule has 1 aromatic rings. The molecule has 1 aromatic carbocycles. The third-order valence-electron chi connectivity index (χ3n) is 2.78. The first-order valence-electron chi connectivity index (χ1n) is 5.75. The van der Waals surface area contributed by atoms with E-state index >= 15 is 0 Å². The molecule has 0 bridgehead atoms. The Kier molecular flexibility index (Phi) is 4.84. The normalized spacial score (nSPS) is 11.8. The van der Waals surface area contributed by atoms with Crippen LogP contribution in [0.3, 0.4) is 0 Å². The molecule has 0 atom stereocenters. The average Bonchev–Trinajstić information content (AvgIpc) is 2.29. The Morgan fingerprint density at radius 3 is 2.28 bits per heavy atom. The summed E-state index contributed by atoms with van der Waals surface area (Å²) in [7, 11) is -3.43. The molecule has 0 aromatic heterocycles. The van der Waals surface area contributed by atoms with Gasteiger partial charge in [-0.3, -0.25) is 0 Å². The minimum Gasteiger partial charge on any atom is -0.389 e. The van der Waals surface area contributed by atoms with E-state index in [2.05, 4.69) is 0 Å². The number of nitrogens with zero attached hydrogens (tertiary/aromatic N) is 1. The van der Waals surface area contributed by atoms with Gasteiger partial charge in [0.05, 0.1) is 4.90 Å². The van der Waals surface area contributed by atoms with Gasteiger partial charge < -0.3 is 5.73 Å². The van der Waals surface area contributed by atoms with Crippen LogP contribution >= 0.6 is 12.2 Å². The van der Waals surface area contributed by atoms with Crippen molar-refractivity contribution >= 4 is 27.2 Å². The van der Waals surface area contributed by atoms with Crippen molar-refractivity contribution in [2.75, 3.05) is 13.1 Å². The van der Waals surface area contributed by atoms with Gasteiger partial charge in [-0.05, 0) is 24.6 Å². The number of thiocarbonyl (C=S) groups is 1. The molecule has 2 N–H and O–H groups in total. The summed E-state index contributed by atoms with van der Waals surface area (Å²) >= 11 is 4.87. The molecule has 0 amide bonds. The van der Waals surface area contributed by atoms with Crippen molar-refractivity contribution < 1.29 is 8.42 Å². The summed E-state index contributed by atoms with van der Waals surface area (Å²) in [5.41, 5.74) is 6.87. The van der Waals surface area contributed by atoms with Gasteiger partial charge in [0.15, 0.2) is 0 Å². The molecule has 4 nitrogen and oxygen atoms in total. The summed E-state index contributed by atoms with van der Waals surface area (Å²) in [5, 5.41) is 0. The monoisotopic (exact) mass is 286 g/mol. The maximum absolute atomic E-state index is 12.4. The Morgan fingerprint density at radius 2 is 1.89 bits per heavy atom. The molecule has 0 saturated heterocycles. The largest absolute Gasteiger partial charge is 0.389 e. The molecule has 100 valence electrons. The number of aryl methyl sites for hydroxylation is 1. The van der Waals surface area contributed by atoms with Crippen molar-refractivity contribution in [1.82, 2.24) is 4.31 Å². The SMILES string of the molecule is CCN(CC)S(=O)(=O)c1ccc(C(N)=S)cc1C. The van der Waals surface area contributed by atoms with Crippen molar-refractivity contribution in [2.45, 2.75) is 25.7 Å². The van der Waals surface area contributed by atoms with Crippen LogP contribution < -0.4 is 5.73 Å². The highest BCUT2D eigenvalue weighted by Gasteiger charge is 2.23. The smallest absolute Gasteiger partial charge is 0.243 e. The number of hydrogen-bond acceptors (Lipinski definition) is 3. The van der Waals surface area contributed by atoms with E-state index < -0.39 is 10.0 Å². The second-order valence-electron chi connectivity index (χ2n) is 3.93. The topological polar surface area (TPSA) is 63.4 Å². The van der Waals surface area contributed by atoms with E-state index in [0.717, 1.165) is 0 Å². The third kappa shape index (κ3) is 2.88. The molecule has 0 unspecified atom stereocenters. The van der Waals surface area contributed by atoms with Crippen molar-refractivity contribution in [1.29, 1.82) is 0 Å². The molecule has 0 heterocycles. The summed E-state index contributed by atoms with van der Waals surface area (Å²) in [6, 6.07) is 4.92. The van der Waals surface area contributed by atoms with E-state index in [4.69, 9.17) is 18.0 Å². The van der Waals surface area contributed by atoms with Crippen molar-refractivity contribution in [2.24, 2.45) is 5.73 Å². The number of sulfonamides is 1. The average molecular weight is 286 g/mol. The number of rotatable bonds is 5.